The van der Waals surface area contributed by atoms with Crippen LogP contribution in [-0.2, 0) is 26.2 Å². The summed E-state index contributed by atoms with van der Waals surface area (Å²) in [4.78, 5) is 28.4. The van der Waals surface area contributed by atoms with Gasteiger partial charge < -0.3 is 19.8 Å². The van der Waals surface area contributed by atoms with E-state index in [9.17, 15) is 19.8 Å². The van der Waals surface area contributed by atoms with Crippen LogP contribution in [0.3, 0.4) is 0 Å². The molecule has 2 aliphatic rings. The van der Waals surface area contributed by atoms with Crippen LogP contribution in [0.4, 0.5) is 0 Å². The summed E-state index contributed by atoms with van der Waals surface area (Å²) in [5.74, 6) is -2.01. The number of piperidine rings is 1. The number of nitrogens with zero attached hydrogens (tertiary/aromatic N) is 3. The van der Waals surface area contributed by atoms with E-state index in [-0.39, 0.29) is 5.92 Å². The number of aliphatic hydroxyl groups is 2. The van der Waals surface area contributed by atoms with Gasteiger partial charge in [-0.05, 0) is 12.5 Å². The Hall–Kier alpha value is -1.97. The van der Waals surface area contributed by atoms with Gasteiger partial charge in [0.2, 0.25) is 0 Å². The number of rotatable bonds is 1. The first-order valence-corrected chi connectivity index (χ1v) is 7.00. The van der Waals surface area contributed by atoms with E-state index in [1.54, 1.807) is 10.9 Å². The van der Waals surface area contributed by atoms with Gasteiger partial charge in [-0.1, -0.05) is 5.06 Å². The number of fused-ring (bicyclic) bond motifs is 1. The van der Waals surface area contributed by atoms with E-state index in [0.717, 1.165) is 5.69 Å². The first kappa shape index (κ1) is 14.9. The summed E-state index contributed by atoms with van der Waals surface area (Å²) in [7, 11) is 1.83. The Morgan fingerprint density at radius 1 is 1.27 bits per heavy atom. The highest BCUT2D eigenvalue weighted by Crippen LogP contribution is 2.33. The zero-order valence-corrected chi connectivity index (χ0v) is 12.0. The molecule has 1 aromatic rings. The van der Waals surface area contributed by atoms with Crippen molar-refractivity contribution in [1.82, 2.24) is 14.8 Å². The van der Waals surface area contributed by atoms with Gasteiger partial charge in [-0.15, -0.1) is 0 Å². The molecule has 4 unspecified atom stereocenters. The minimum absolute atomic E-state index is 0.0849. The lowest BCUT2D eigenvalue weighted by atomic mass is 9.93. The van der Waals surface area contributed by atoms with Gasteiger partial charge in [-0.2, -0.15) is 5.10 Å². The molecule has 3 heterocycles. The topological polar surface area (TPSA) is 114 Å². The van der Waals surface area contributed by atoms with Crippen molar-refractivity contribution in [2.24, 2.45) is 7.05 Å². The fourth-order valence-corrected chi connectivity index (χ4v) is 2.80. The van der Waals surface area contributed by atoms with Crippen LogP contribution >= 0.6 is 0 Å². The molecule has 2 fully saturated rings. The Morgan fingerprint density at radius 2 is 2.00 bits per heavy atom. The number of hydroxylamine groups is 2. The highest BCUT2D eigenvalue weighted by molar-refractivity contribution is 5.85. The van der Waals surface area contributed by atoms with Crippen LogP contribution < -0.4 is 0 Å². The van der Waals surface area contributed by atoms with Crippen LogP contribution in [0.5, 0.6) is 0 Å². The third-order valence-electron chi connectivity index (χ3n) is 4.02. The number of ether oxygens (including phenoxy) is 1. The molecular formula is C13H17N3O6. The van der Waals surface area contributed by atoms with Crippen molar-refractivity contribution in [3.63, 3.8) is 0 Å². The number of carbonyl (C=O) groups excluding carboxylic acids is 2. The Kier molecular flexibility index (Phi) is 3.85. The predicted octanol–water partition coefficient (Wildman–Crippen LogP) is -1.34. The maximum Gasteiger partial charge on any atom is 0.357 e. The molecule has 0 radical (unpaired) electrons. The third kappa shape index (κ3) is 2.58. The Bertz CT molecular complexity index is 588. The summed E-state index contributed by atoms with van der Waals surface area (Å²) in [6.07, 6.45) is -1.91. The molecule has 0 amide bonds. The predicted molar refractivity (Wildman–Crippen MR) is 69.9 cm³/mol. The maximum absolute atomic E-state index is 11.8. The van der Waals surface area contributed by atoms with E-state index >= 15 is 0 Å². The normalized spacial score (nSPS) is 33.4. The van der Waals surface area contributed by atoms with E-state index in [0.29, 0.717) is 19.4 Å². The van der Waals surface area contributed by atoms with Crippen LogP contribution in [-0.4, -0.2) is 62.0 Å². The minimum atomic E-state index is -1.94. The second kappa shape index (κ2) is 5.67. The van der Waals surface area contributed by atoms with Crippen LogP contribution in [0.1, 0.15) is 24.5 Å². The van der Waals surface area contributed by atoms with E-state index in [1.165, 1.54) is 5.06 Å². The van der Waals surface area contributed by atoms with Crippen LogP contribution in [0.15, 0.2) is 12.3 Å². The van der Waals surface area contributed by atoms with Gasteiger partial charge in [0.1, 0.15) is 0 Å². The van der Waals surface area contributed by atoms with Crippen molar-refractivity contribution < 1.29 is 29.4 Å². The van der Waals surface area contributed by atoms with Crippen molar-refractivity contribution in [1.29, 1.82) is 0 Å². The van der Waals surface area contributed by atoms with Gasteiger partial charge >= 0.3 is 11.9 Å². The van der Waals surface area contributed by atoms with Gasteiger partial charge in [0.15, 0.2) is 18.4 Å². The van der Waals surface area contributed by atoms with Crippen molar-refractivity contribution in [2.45, 2.75) is 37.2 Å². The van der Waals surface area contributed by atoms with Crippen molar-refractivity contribution in [3.05, 3.63) is 18.0 Å². The molecule has 0 aromatic carbocycles. The largest absolute Gasteiger partial charge is 0.441 e. The number of aliphatic hydroxyl groups excluding tert-OH is 2. The first-order valence-electron chi connectivity index (χ1n) is 7.00. The zero-order chi connectivity index (χ0) is 15.9. The number of hydrogen-bond acceptors (Lipinski definition) is 8. The van der Waals surface area contributed by atoms with Crippen LogP contribution in [0.2, 0.25) is 0 Å². The van der Waals surface area contributed by atoms with E-state index in [4.69, 9.17) is 9.57 Å². The fourth-order valence-electron chi connectivity index (χ4n) is 2.80. The smallest absolute Gasteiger partial charge is 0.357 e. The van der Waals surface area contributed by atoms with E-state index in [1.807, 2.05) is 13.1 Å². The fraction of sp³-hybridized carbons (Fsp3) is 0.615. The molecule has 0 spiro atoms. The van der Waals surface area contributed by atoms with E-state index in [2.05, 4.69) is 5.10 Å². The second-order valence-electron chi connectivity index (χ2n) is 5.43. The number of aromatic nitrogens is 2. The summed E-state index contributed by atoms with van der Waals surface area (Å²) in [6, 6.07) is 1.88. The standard InChI is InChI=1S/C13H17N3O6/c1-15-8(2-4-14-15)7-3-5-16-9(6-7)21-12(19)10(17)11(18)13(20)22-16/h2,4,7,9-11,17-18H,3,5-6H2,1H3. The van der Waals surface area contributed by atoms with Crippen molar-refractivity contribution >= 4 is 11.9 Å². The monoisotopic (exact) mass is 311 g/mol. The van der Waals surface area contributed by atoms with Gasteiger partial charge in [0, 0.05) is 37.8 Å². The van der Waals surface area contributed by atoms with Gasteiger partial charge in [0.25, 0.3) is 0 Å². The van der Waals surface area contributed by atoms with Gasteiger partial charge in [-0.3, -0.25) is 4.68 Å². The lowest BCUT2D eigenvalue weighted by Crippen LogP contribution is -2.54. The first-order chi connectivity index (χ1) is 10.5. The summed E-state index contributed by atoms with van der Waals surface area (Å²) in [5, 5.41) is 24.4. The number of hydrogen-bond donors (Lipinski definition) is 2. The van der Waals surface area contributed by atoms with E-state index < -0.39 is 30.4 Å². The molecular weight excluding hydrogens is 294 g/mol. The molecule has 22 heavy (non-hydrogen) atoms. The lowest BCUT2D eigenvalue weighted by Gasteiger charge is -2.39. The number of carbonyl (C=O) groups is 2. The molecule has 1 aromatic heterocycles. The Morgan fingerprint density at radius 3 is 2.68 bits per heavy atom. The average molecular weight is 311 g/mol. The molecule has 9 heteroatoms. The lowest BCUT2D eigenvalue weighted by molar-refractivity contribution is -0.272. The zero-order valence-electron chi connectivity index (χ0n) is 12.0. The molecule has 0 bridgehead atoms. The van der Waals surface area contributed by atoms with Crippen molar-refractivity contribution in [2.75, 3.05) is 6.54 Å². The van der Waals surface area contributed by atoms with Crippen molar-refractivity contribution in [3.8, 4) is 0 Å². The molecule has 0 saturated carbocycles. The molecule has 2 aliphatic heterocycles. The molecule has 4 atom stereocenters. The summed E-state index contributed by atoms with van der Waals surface area (Å²) in [5.41, 5.74) is 0.990. The van der Waals surface area contributed by atoms with Gasteiger partial charge in [-0.25, -0.2) is 9.59 Å². The molecule has 120 valence electrons. The summed E-state index contributed by atoms with van der Waals surface area (Å²) < 4.78 is 6.91. The Balaban J connectivity index is 1.79. The molecule has 2 N–H and O–H groups in total. The second-order valence-corrected chi connectivity index (χ2v) is 5.43. The highest BCUT2D eigenvalue weighted by Gasteiger charge is 2.43. The average Bonchev–Trinajstić information content (AvgIpc) is 2.92. The molecule has 9 nitrogen and oxygen atoms in total. The van der Waals surface area contributed by atoms with Gasteiger partial charge in [0.05, 0.1) is 0 Å². The quantitative estimate of drug-likeness (QED) is 0.613. The SMILES string of the molecule is Cn1nccc1C1CCN2OC(=O)C(O)C(O)C(=O)OC2C1. The summed E-state index contributed by atoms with van der Waals surface area (Å²) in [6.45, 7) is 0.350. The summed E-state index contributed by atoms with van der Waals surface area (Å²) >= 11 is 0. The molecule has 2 saturated heterocycles. The van der Waals surface area contributed by atoms with Crippen LogP contribution in [0, 0.1) is 0 Å². The number of aryl methyl sites for hydroxylation is 1. The highest BCUT2D eigenvalue weighted by atomic mass is 16.8. The molecule has 3 rings (SSSR count). The Labute approximate surface area is 126 Å². The minimum Gasteiger partial charge on any atom is -0.441 e. The number of esters is 1. The third-order valence-corrected chi connectivity index (χ3v) is 4.02. The maximum atomic E-state index is 11.8. The molecule has 0 aliphatic carbocycles. The van der Waals surface area contributed by atoms with Crippen LogP contribution in [0.25, 0.3) is 0 Å².